The first-order chi connectivity index (χ1) is 8.61. The number of aromatic hydroxyl groups is 1. The molecule has 1 aromatic rings. The van der Waals surface area contributed by atoms with Gasteiger partial charge < -0.3 is 20.8 Å². The molecule has 1 atom stereocenters. The van der Waals surface area contributed by atoms with Crippen molar-refractivity contribution < 1.29 is 15.0 Å². The molecule has 1 heterocycles. The van der Waals surface area contributed by atoms with Crippen molar-refractivity contribution in [3.63, 3.8) is 0 Å². The van der Waals surface area contributed by atoms with E-state index in [-0.39, 0.29) is 24.2 Å². The van der Waals surface area contributed by atoms with Gasteiger partial charge in [0.15, 0.2) is 0 Å². The molecule has 1 aromatic carbocycles. The third kappa shape index (κ3) is 2.56. The molecule has 1 fully saturated rings. The van der Waals surface area contributed by atoms with E-state index in [9.17, 15) is 9.90 Å². The number of hydrogen-bond donors (Lipinski definition) is 3. The van der Waals surface area contributed by atoms with Crippen molar-refractivity contribution in [1.29, 1.82) is 0 Å². The van der Waals surface area contributed by atoms with Crippen molar-refractivity contribution in [3.8, 4) is 5.75 Å². The van der Waals surface area contributed by atoms with Gasteiger partial charge in [0.05, 0.1) is 5.92 Å². The molecular weight excluding hydrogens is 232 g/mol. The third-order valence-corrected chi connectivity index (χ3v) is 3.41. The van der Waals surface area contributed by atoms with E-state index in [1.54, 1.807) is 12.1 Å². The number of carbonyl (C=O) groups excluding carboxylic acids is 1. The lowest BCUT2D eigenvalue weighted by Crippen LogP contribution is -2.27. The van der Waals surface area contributed by atoms with Crippen molar-refractivity contribution in [3.05, 3.63) is 23.8 Å². The van der Waals surface area contributed by atoms with E-state index >= 15 is 0 Å². The van der Waals surface area contributed by atoms with Crippen molar-refractivity contribution >= 4 is 11.6 Å². The van der Waals surface area contributed by atoms with Crippen LogP contribution in [0.25, 0.3) is 0 Å². The number of benzene rings is 1. The van der Waals surface area contributed by atoms with Crippen LogP contribution >= 0.6 is 0 Å². The van der Waals surface area contributed by atoms with Gasteiger partial charge in [0.1, 0.15) is 5.75 Å². The molecule has 1 aliphatic rings. The zero-order valence-corrected chi connectivity index (χ0v) is 10.2. The van der Waals surface area contributed by atoms with Crippen LogP contribution in [-0.4, -0.2) is 35.8 Å². The molecule has 1 saturated heterocycles. The zero-order chi connectivity index (χ0) is 13.1. The third-order valence-electron chi connectivity index (χ3n) is 3.41. The van der Waals surface area contributed by atoms with Gasteiger partial charge in [-0.15, -0.1) is 0 Å². The van der Waals surface area contributed by atoms with Gasteiger partial charge in [0.2, 0.25) is 5.91 Å². The highest BCUT2D eigenvalue weighted by atomic mass is 16.3. The van der Waals surface area contributed by atoms with Crippen molar-refractivity contribution in [2.45, 2.75) is 12.8 Å². The molecule has 0 aromatic heterocycles. The monoisotopic (exact) mass is 250 g/mol. The summed E-state index contributed by atoms with van der Waals surface area (Å²) in [5.41, 5.74) is 6.90. The number of aliphatic hydroxyl groups is 1. The molecule has 0 radical (unpaired) electrons. The van der Waals surface area contributed by atoms with Crippen molar-refractivity contribution in [2.24, 2.45) is 11.7 Å². The van der Waals surface area contributed by atoms with Crippen LogP contribution in [0.15, 0.2) is 18.2 Å². The number of anilines is 1. The average molecular weight is 250 g/mol. The van der Waals surface area contributed by atoms with Crippen molar-refractivity contribution in [2.75, 3.05) is 24.6 Å². The maximum absolute atomic E-state index is 11.1. The number of phenols is 1. The Kier molecular flexibility index (Phi) is 3.72. The second-order valence-corrected chi connectivity index (χ2v) is 4.62. The Morgan fingerprint density at radius 2 is 2.28 bits per heavy atom. The summed E-state index contributed by atoms with van der Waals surface area (Å²) in [4.78, 5) is 13.1. The summed E-state index contributed by atoms with van der Waals surface area (Å²) in [6.45, 7) is 1.39. The first-order valence-electron chi connectivity index (χ1n) is 6.09. The molecule has 5 heteroatoms. The van der Waals surface area contributed by atoms with Crippen LogP contribution in [0.3, 0.4) is 0 Å². The van der Waals surface area contributed by atoms with E-state index in [1.165, 1.54) is 0 Å². The standard InChI is InChI=1S/C13H18N2O3/c14-13(18)10-3-5-15(8-10)11-2-1-9(4-6-16)12(17)7-11/h1-2,7,10,16-17H,3-6,8H2,(H2,14,18). The molecule has 2 rings (SSSR count). The van der Waals surface area contributed by atoms with Crippen LogP contribution < -0.4 is 10.6 Å². The minimum absolute atomic E-state index is 0.0143. The number of aliphatic hydroxyl groups excluding tert-OH is 1. The lowest BCUT2D eigenvalue weighted by Gasteiger charge is -2.19. The molecule has 1 aliphatic heterocycles. The highest BCUT2D eigenvalue weighted by Crippen LogP contribution is 2.28. The summed E-state index contributed by atoms with van der Waals surface area (Å²) >= 11 is 0. The highest BCUT2D eigenvalue weighted by molar-refractivity contribution is 5.78. The maximum atomic E-state index is 11.1. The van der Waals surface area contributed by atoms with Gasteiger partial charge in [0, 0.05) is 31.5 Å². The minimum atomic E-state index is -0.265. The van der Waals surface area contributed by atoms with Gasteiger partial charge in [-0.25, -0.2) is 0 Å². The average Bonchev–Trinajstić information content (AvgIpc) is 2.81. The molecular formula is C13H18N2O3. The summed E-state index contributed by atoms with van der Waals surface area (Å²) in [5, 5.41) is 18.7. The van der Waals surface area contributed by atoms with Crippen LogP contribution in [0.4, 0.5) is 5.69 Å². The number of carbonyl (C=O) groups is 1. The lowest BCUT2D eigenvalue weighted by molar-refractivity contribution is -0.121. The fourth-order valence-electron chi connectivity index (χ4n) is 2.31. The Balaban J connectivity index is 2.11. The maximum Gasteiger partial charge on any atom is 0.222 e. The van der Waals surface area contributed by atoms with E-state index in [0.29, 0.717) is 13.0 Å². The molecule has 98 valence electrons. The van der Waals surface area contributed by atoms with Crippen LogP contribution in [0, 0.1) is 5.92 Å². The Labute approximate surface area is 106 Å². The van der Waals surface area contributed by atoms with E-state index < -0.39 is 0 Å². The minimum Gasteiger partial charge on any atom is -0.508 e. The summed E-state index contributed by atoms with van der Waals surface area (Å²) in [6.07, 6.45) is 1.20. The Morgan fingerprint density at radius 3 is 2.83 bits per heavy atom. The fourth-order valence-corrected chi connectivity index (χ4v) is 2.31. The smallest absolute Gasteiger partial charge is 0.222 e. The van der Waals surface area contributed by atoms with Crippen molar-refractivity contribution in [1.82, 2.24) is 0 Å². The number of rotatable bonds is 4. The van der Waals surface area contributed by atoms with Crippen LogP contribution in [0.1, 0.15) is 12.0 Å². The number of nitrogens with zero attached hydrogens (tertiary/aromatic N) is 1. The molecule has 0 saturated carbocycles. The predicted octanol–water partition coefficient (Wildman–Crippen LogP) is 0.239. The molecule has 0 aliphatic carbocycles. The molecule has 4 N–H and O–H groups in total. The summed E-state index contributed by atoms with van der Waals surface area (Å²) in [7, 11) is 0. The van der Waals surface area contributed by atoms with Gasteiger partial charge in [-0.1, -0.05) is 6.07 Å². The Morgan fingerprint density at radius 1 is 1.50 bits per heavy atom. The molecule has 0 spiro atoms. The lowest BCUT2D eigenvalue weighted by atomic mass is 10.1. The quantitative estimate of drug-likeness (QED) is 0.714. The highest BCUT2D eigenvalue weighted by Gasteiger charge is 2.26. The Hall–Kier alpha value is -1.75. The summed E-state index contributed by atoms with van der Waals surface area (Å²) in [5.74, 6) is -0.188. The van der Waals surface area contributed by atoms with Gasteiger partial charge in [0.25, 0.3) is 0 Å². The van der Waals surface area contributed by atoms with Crippen LogP contribution in [-0.2, 0) is 11.2 Å². The van der Waals surface area contributed by atoms with Gasteiger partial charge in [-0.2, -0.15) is 0 Å². The predicted molar refractivity (Wildman–Crippen MR) is 68.4 cm³/mol. The summed E-state index contributed by atoms with van der Waals surface area (Å²) < 4.78 is 0. The largest absolute Gasteiger partial charge is 0.508 e. The number of nitrogens with two attached hydrogens (primary N) is 1. The normalized spacial score (nSPS) is 19.2. The van der Waals surface area contributed by atoms with Crippen LogP contribution in [0.2, 0.25) is 0 Å². The van der Waals surface area contributed by atoms with E-state index in [0.717, 1.165) is 24.2 Å². The first kappa shape index (κ1) is 12.7. The fraction of sp³-hybridized carbons (Fsp3) is 0.462. The number of amides is 1. The molecule has 0 bridgehead atoms. The zero-order valence-electron chi connectivity index (χ0n) is 10.2. The topological polar surface area (TPSA) is 86.8 Å². The number of hydrogen-bond acceptors (Lipinski definition) is 4. The second kappa shape index (κ2) is 5.27. The van der Waals surface area contributed by atoms with Gasteiger partial charge in [-0.05, 0) is 24.5 Å². The van der Waals surface area contributed by atoms with Gasteiger partial charge in [-0.3, -0.25) is 4.79 Å². The molecule has 1 amide bonds. The van der Waals surface area contributed by atoms with E-state index in [2.05, 4.69) is 0 Å². The van der Waals surface area contributed by atoms with E-state index in [1.807, 2.05) is 11.0 Å². The summed E-state index contributed by atoms with van der Waals surface area (Å²) in [6, 6.07) is 5.38. The number of phenolic OH excluding ortho intramolecular Hbond substituents is 1. The SMILES string of the molecule is NC(=O)C1CCN(c2ccc(CCO)c(O)c2)C1. The second-order valence-electron chi connectivity index (χ2n) is 4.62. The molecule has 1 unspecified atom stereocenters. The number of primary amides is 1. The van der Waals surface area contributed by atoms with Gasteiger partial charge >= 0.3 is 0 Å². The molecule has 18 heavy (non-hydrogen) atoms. The Bertz CT molecular complexity index is 448. The molecule has 5 nitrogen and oxygen atoms in total. The first-order valence-corrected chi connectivity index (χ1v) is 6.09. The van der Waals surface area contributed by atoms with Crippen LogP contribution in [0.5, 0.6) is 5.75 Å². The van der Waals surface area contributed by atoms with E-state index in [4.69, 9.17) is 10.8 Å².